The molecule has 0 radical (unpaired) electrons. The summed E-state index contributed by atoms with van der Waals surface area (Å²) in [5, 5.41) is 4.81. The lowest BCUT2D eigenvalue weighted by Gasteiger charge is -2.21. The van der Waals surface area contributed by atoms with Crippen LogP contribution in [0.25, 0.3) is 0 Å². The predicted octanol–water partition coefficient (Wildman–Crippen LogP) is 1.85. The summed E-state index contributed by atoms with van der Waals surface area (Å²) in [5.74, 6) is -0.0285. The van der Waals surface area contributed by atoms with Gasteiger partial charge in [0.1, 0.15) is 0 Å². The number of carbonyl (C=O) groups excluding carboxylic acids is 2. The molecular weight excluding hydrogens is 298 g/mol. The van der Waals surface area contributed by atoms with E-state index in [1.165, 1.54) is 6.92 Å². The molecule has 0 saturated heterocycles. The van der Waals surface area contributed by atoms with E-state index in [1.54, 1.807) is 28.6 Å². The first-order chi connectivity index (χ1) is 10.6. The second-order valence-electron chi connectivity index (χ2n) is 4.90. The number of hydrogen-bond acceptors (Lipinski definition) is 4. The van der Waals surface area contributed by atoms with E-state index in [2.05, 4.69) is 10.3 Å². The van der Waals surface area contributed by atoms with Crippen LogP contribution in [0.2, 0.25) is 0 Å². The molecule has 0 unspecified atom stereocenters. The highest BCUT2D eigenvalue weighted by molar-refractivity contribution is 7.10. The average molecular weight is 317 g/mol. The summed E-state index contributed by atoms with van der Waals surface area (Å²) in [4.78, 5) is 30.2. The molecule has 2 aromatic rings. The molecular formula is C16H19N3O2S. The van der Waals surface area contributed by atoms with Crippen molar-refractivity contribution in [1.82, 2.24) is 15.2 Å². The van der Waals surface area contributed by atoms with E-state index >= 15 is 0 Å². The molecule has 2 heterocycles. The fourth-order valence-corrected chi connectivity index (χ4v) is 2.72. The molecule has 0 bridgehead atoms. The summed E-state index contributed by atoms with van der Waals surface area (Å²) in [6.45, 7) is 3.01. The summed E-state index contributed by atoms with van der Waals surface area (Å²) in [6.07, 6.45) is 3.80. The van der Waals surface area contributed by atoms with E-state index < -0.39 is 0 Å². The largest absolute Gasteiger partial charge is 0.354 e. The molecule has 6 heteroatoms. The minimum absolute atomic E-state index is 0.00989. The van der Waals surface area contributed by atoms with E-state index in [0.717, 1.165) is 10.4 Å². The van der Waals surface area contributed by atoms with Crippen molar-refractivity contribution in [3.8, 4) is 0 Å². The van der Waals surface area contributed by atoms with Gasteiger partial charge >= 0.3 is 0 Å². The molecule has 0 aromatic carbocycles. The molecule has 116 valence electrons. The van der Waals surface area contributed by atoms with Crippen LogP contribution in [0.1, 0.15) is 17.4 Å². The monoisotopic (exact) mass is 317 g/mol. The van der Waals surface area contributed by atoms with Crippen molar-refractivity contribution in [2.24, 2.45) is 0 Å². The highest BCUT2D eigenvalue weighted by atomic mass is 32.1. The minimum Gasteiger partial charge on any atom is -0.354 e. The van der Waals surface area contributed by atoms with Crippen LogP contribution in [0.15, 0.2) is 42.0 Å². The van der Waals surface area contributed by atoms with Gasteiger partial charge < -0.3 is 10.2 Å². The minimum atomic E-state index is -0.0186. The number of carbonyl (C=O) groups is 2. The maximum atomic E-state index is 11.8. The van der Waals surface area contributed by atoms with Gasteiger partial charge in [-0.2, -0.15) is 0 Å². The second kappa shape index (κ2) is 8.29. The quantitative estimate of drug-likeness (QED) is 0.848. The Hall–Kier alpha value is -2.21. The zero-order valence-corrected chi connectivity index (χ0v) is 13.3. The number of thiophene rings is 1. The number of hydrogen-bond donors (Lipinski definition) is 1. The normalized spacial score (nSPS) is 10.2. The van der Waals surface area contributed by atoms with Crippen molar-refractivity contribution in [3.63, 3.8) is 0 Å². The van der Waals surface area contributed by atoms with Gasteiger partial charge in [0, 0.05) is 43.8 Å². The van der Waals surface area contributed by atoms with Gasteiger partial charge in [-0.05, 0) is 29.1 Å². The molecule has 1 N–H and O–H groups in total. The number of amides is 2. The molecule has 0 spiro atoms. The number of pyridine rings is 1. The van der Waals surface area contributed by atoms with E-state index in [-0.39, 0.29) is 11.8 Å². The van der Waals surface area contributed by atoms with Crippen LogP contribution in [0.4, 0.5) is 0 Å². The van der Waals surface area contributed by atoms with Gasteiger partial charge in [0.2, 0.25) is 11.8 Å². The zero-order valence-electron chi connectivity index (χ0n) is 12.5. The molecule has 2 amide bonds. The molecule has 0 aliphatic heterocycles. The zero-order chi connectivity index (χ0) is 15.8. The molecule has 0 aliphatic carbocycles. The Morgan fingerprint density at radius 2 is 2.05 bits per heavy atom. The number of aromatic nitrogens is 1. The van der Waals surface area contributed by atoms with Crippen molar-refractivity contribution in [2.45, 2.75) is 19.9 Å². The molecule has 2 aromatic heterocycles. The molecule has 0 fully saturated rings. The van der Waals surface area contributed by atoms with Crippen molar-refractivity contribution < 1.29 is 9.59 Å². The molecule has 22 heavy (non-hydrogen) atoms. The van der Waals surface area contributed by atoms with Gasteiger partial charge in [-0.25, -0.2) is 0 Å². The van der Waals surface area contributed by atoms with Crippen LogP contribution in [0.5, 0.6) is 0 Å². The lowest BCUT2D eigenvalue weighted by molar-refractivity contribution is -0.130. The predicted molar refractivity (Wildman–Crippen MR) is 86.4 cm³/mol. The van der Waals surface area contributed by atoms with E-state index in [9.17, 15) is 9.59 Å². The second-order valence-corrected chi connectivity index (χ2v) is 5.93. The van der Waals surface area contributed by atoms with Crippen LogP contribution in [-0.4, -0.2) is 34.8 Å². The van der Waals surface area contributed by atoms with Crippen molar-refractivity contribution in [2.75, 3.05) is 13.1 Å². The Morgan fingerprint density at radius 1 is 1.27 bits per heavy atom. The Labute approximate surface area is 134 Å². The van der Waals surface area contributed by atoms with Gasteiger partial charge in [-0.15, -0.1) is 11.3 Å². The summed E-state index contributed by atoms with van der Waals surface area (Å²) >= 11 is 1.57. The summed E-state index contributed by atoms with van der Waals surface area (Å²) in [7, 11) is 0. The van der Waals surface area contributed by atoms with Crippen molar-refractivity contribution in [1.29, 1.82) is 0 Å². The van der Waals surface area contributed by atoms with Gasteiger partial charge in [0.15, 0.2) is 0 Å². The van der Waals surface area contributed by atoms with Gasteiger partial charge in [-0.3, -0.25) is 14.6 Å². The molecule has 0 saturated carbocycles. The third-order valence-corrected chi connectivity index (χ3v) is 4.06. The third kappa shape index (κ3) is 5.29. The third-order valence-electron chi connectivity index (χ3n) is 3.19. The van der Waals surface area contributed by atoms with Gasteiger partial charge in [0.05, 0.1) is 6.42 Å². The number of rotatable bonds is 7. The highest BCUT2D eigenvalue weighted by Gasteiger charge is 2.10. The number of nitrogens with one attached hydrogen (secondary N) is 1. The van der Waals surface area contributed by atoms with Crippen molar-refractivity contribution in [3.05, 3.63) is 52.5 Å². The smallest absolute Gasteiger partial charge is 0.225 e. The van der Waals surface area contributed by atoms with Crippen LogP contribution < -0.4 is 5.32 Å². The van der Waals surface area contributed by atoms with E-state index in [1.807, 2.05) is 29.6 Å². The molecule has 0 atom stereocenters. The first kappa shape index (κ1) is 16.2. The summed E-state index contributed by atoms with van der Waals surface area (Å²) < 4.78 is 0. The molecule has 5 nitrogen and oxygen atoms in total. The lowest BCUT2D eigenvalue weighted by atomic mass is 10.2. The van der Waals surface area contributed by atoms with E-state index in [0.29, 0.717) is 26.1 Å². The van der Waals surface area contributed by atoms with Gasteiger partial charge in [0.25, 0.3) is 0 Å². The SMILES string of the molecule is CC(=O)N(CCNC(=O)Cc1cccs1)Cc1ccncc1. The first-order valence-electron chi connectivity index (χ1n) is 7.08. The number of nitrogens with zero attached hydrogens (tertiary/aromatic N) is 2. The van der Waals surface area contributed by atoms with Gasteiger partial charge in [-0.1, -0.05) is 6.07 Å². The van der Waals surface area contributed by atoms with Crippen molar-refractivity contribution >= 4 is 23.2 Å². The Balaban J connectivity index is 1.77. The first-order valence-corrected chi connectivity index (χ1v) is 7.96. The van der Waals surface area contributed by atoms with Crippen LogP contribution >= 0.6 is 11.3 Å². The summed E-state index contributed by atoms with van der Waals surface area (Å²) in [6, 6.07) is 7.63. The van der Waals surface area contributed by atoms with Crippen LogP contribution in [0.3, 0.4) is 0 Å². The fraction of sp³-hybridized carbons (Fsp3) is 0.312. The Bertz CT molecular complexity index is 599. The maximum Gasteiger partial charge on any atom is 0.225 e. The Kier molecular flexibility index (Phi) is 6.09. The maximum absolute atomic E-state index is 11.8. The topological polar surface area (TPSA) is 62.3 Å². The molecule has 0 aliphatic rings. The lowest BCUT2D eigenvalue weighted by Crippen LogP contribution is -2.37. The standard InChI is InChI=1S/C16H19N3O2S/c1-13(20)19(12-14-4-6-17-7-5-14)9-8-18-16(21)11-15-3-2-10-22-15/h2-7,10H,8-9,11-12H2,1H3,(H,18,21). The Morgan fingerprint density at radius 3 is 2.68 bits per heavy atom. The van der Waals surface area contributed by atoms with Crippen LogP contribution in [0, 0.1) is 0 Å². The fourth-order valence-electron chi connectivity index (χ4n) is 2.02. The van der Waals surface area contributed by atoms with Crippen LogP contribution in [-0.2, 0) is 22.6 Å². The highest BCUT2D eigenvalue weighted by Crippen LogP contribution is 2.08. The molecule has 2 rings (SSSR count). The average Bonchev–Trinajstić information content (AvgIpc) is 3.00. The summed E-state index contributed by atoms with van der Waals surface area (Å²) in [5.41, 5.74) is 1.02. The van der Waals surface area contributed by atoms with E-state index in [4.69, 9.17) is 0 Å².